The molecule has 0 saturated heterocycles. The topological polar surface area (TPSA) is 87.5 Å². The van der Waals surface area contributed by atoms with Gasteiger partial charge in [-0.1, -0.05) is 6.07 Å². The lowest BCUT2D eigenvalue weighted by Gasteiger charge is -2.07. The molecule has 0 atom stereocenters. The molecule has 0 unspecified atom stereocenters. The van der Waals surface area contributed by atoms with Crippen molar-refractivity contribution in [3.8, 4) is 11.1 Å². The van der Waals surface area contributed by atoms with Gasteiger partial charge >= 0.3 is 11.9 Å². The SMILES string of the molecule is O=C(O)c1ccc(-c2ccncc2)c(C(=O)O)c1. The quantitative estimate of drug-likeness (QED) is 0.862. The van der Waals surface area contributed by atoms with Crippen molar-refractivity contribution < 1.29 is 19.8 Å². The molecule has 0 aliphatic carbocycles. The summed E-state index contributed by atoms with van der Waals surface area (Å²) >= 11 is 0. The highest BCUT2D eigenvalue weighted by Crippen LogP contribution is 2.24. The first-order valence-corrected chi connectivity index (χ1v) is 5.10. The van der Waals surface area contributed by atoms with E-state index in [9.17, 15) is 9.59 Å². The van der Waals surface area contributed by atoms with Crippen molar-refractivity contribution in [2.75, 3.05) is 0 Å². The Morgan fingerprint density at radius 2 is 1.61 bits per heavy atom. The van der Waals surface area contributed by atoms with Gasteiger partial charge in [-0.2, -0.15) is 0 Å². The maximum atomic E-state index is 11.2. The van der Waals surface area contributed by atoms with Gasteiger partial charge in [0.1, 0.15) is 0 Å². The zero-order chi connectivity index (χ0) is 13.1. The van der Waals surface area contributed by atoms with E-state index in [-0.39, 0.29) is 11.1 Å². The second kappa shape index (κ2) is 4.67. The molecule has 1 aromatic heterocycles. The minimum absolute atomic E-state index is 0.0406. The summed E-state index contributed by atoms with van der Waals surface area (Å²) in [7, 11) is 0. The van der Waals surface area contributed by atoms with Gasteiger partial charge in [0.25, 0.3) is 0 Å². The lowest BCUT2D eigenvalue weighted by molar-refractivity contribution is 0.0696. The number of aromatic carboxylic acids is 2. The average molecular weight is 243 g/mol. The second-order valence-corrected chi connectivity index (χ2v) is 3.61. The lowest BCUT2D eigenvalue weighted by atomic mass is 9.98. The molecule has 5 nitrogen and oxygen atoms in total. The Morgan fingerprint density at radius 3 is 2.17 bits per heavy atom. The number of hydrogen-bond acceptors (Lipinski definition) is 3. The standard InChI is InChI=1S/C13H9NO4/c15-12(16)9-1-2-10(11(7-9)13(17)18)8-3-5-14-6-4-8/h1-7H,(H,15,16)(H,17,18). The molecule has 0 spiro atoms. The van der Waals surface area contributed by atoms with E-state index in [1.807, 2.05) is 0 Å². The van der Waals surface area contributed by atoms with Crippen molar-refractivity contribution in [1.29, 1.82) is 0 Å². The van der Waals surface area contributed by atoms with Crippen LogP contribution in [0.2, 0.25) is 0 Å². The van der Waals surface area contributed by atoms with E-state index in [1.165, 1.54) is 12.1 Å². The number of nitrogens with zero attached hydrogens (tertiary/aromatic N) is 1. The highest BCUT2D eigenvalue weighted by atomic mass is 16.4. The first-order chi connectivity index (χ1) is 8.59. The van der Waals surface area contributed by atoms with Gasteiger partial charge in [-0.15, -0.1) is 0 Å². The van der Waals surface area contributed by atoms with Gasteiger partial charge in [0.05, 0.1) is 11.1 Å². The summed E-state index contributed by atoms with van der Waals surface area (Å²) in [5, 5.41) is 18.0. The van der Waals surface area contributed by atoms with Crippen LogP contribution in [-0.4, -0.2) is 27.1 Å². The number of carboxylic acid groups (broad SMARTS) is 2. The van der Waals surface area contributed by atoms with Crippen molar-refractivity contribution in [1.82, 2.24) is 4.98 Å². The van der Waals surface area contributed by atoms with Gasteiger partial charge in [-0.3, -0.25) is 4.98 Å². The number of aromatic nitrogens is 1. The molecule has 0 aliphatic heterocycles. The fourth-order valence-electron chi connectivity index (χ4n) is 1.64. The molecule has 0 radical (unpaired) electrons. The van der Waals surface area contributed by atoms with Gasteiger partial charge in [0.2, 0.25) is 0 Å². The number of carbonyl (C=O) groups is 2. The van der Waals surface area contributed by atoms with Crippen LogP contribution >= 0.6 is 0 Å². The molecule has 5 heteroatoms. The Bertz CT molecular complexity index is 608. The Hall–Kier alpha value is -2.69. The van der Waals surface area contributed by atoms with Crippen LogP contribution in [0, 0.1) is 0 Å². The molecular formula is C13H9NO4. The predicted molar refractivity (Wildman–Crippen MR) is 63.6 cm³/mol. The van der Waals surface area contributed by atoms with Gasteiger partial charge in [0.15, 0.2) is 0 Å². The molecule has 0 saturated carbocycles. The van der Waals surface area contributed by atoms with Crippen LogP contribution in [0.4, 0.5) is 0 Å². The first kappa shape index (κ1) is 11.8. The average Bonchev–Trinajstić information content (AvgIpc) is 2.39. The molecule has 0 fully saturated rings. The van der Waals surface area contributed by atoms with Crippen LogP contribution < -0.4 is 0 Å². The Balaban J connectivity index is 2.61. The number of benzene rings is 1. The smallest absolute Gasteiger partial charge is 0.336 e. The highest BCUT2D eigenvalue weighted by Gasteiger charge is 2.14. The van der Waals surface area contributed by atoms with Crippen molar-refractivity contribution in [2.45, 2.75) is 0 Å². The fraction of sp³-hybridized carbons (Fsp3) is 0. The van der Waals surface area contributed by atoms with E-state index in [1.54, 1.807) is 24.5 Å². The van der Waals surface area contributed by atoms with E-state index in [0.717, 1.165) is 6.07 Å². The van der Waals surface area contributed by atoms with Gasteiger partial charge in [-0.25, -0.2) is 9.59 Å². The van der Waals surface area contributed by atoms with Gasteiger partial charge in [-0.05, 0) is 35.4 Å². The second-order valence-electron chi connectivity index (χ2n) is 3.61. The van der Waals surface area contributed by atoms with Crippen molar-refractivity contribution in [3.05, 3.63) is 53.9 Å². The monoisotopic (exact) mass is 243 g/mol. The van der Waals surface area contributed by atoms with Crippen LogP contribution in [-0.2, 0) is 0 Å². The van der Waals surface area contributed by atoms with Gasteiger partial charge in [0, 0.05) is 12.4 Å². The highest BCUT2D eigenvalue weighted by molar-refractivity contribution is 5.99. The summed E-state index contributed by atoms with van der Waals surface area (Å²) in [6, 6.07) is 7.36. The predicted octanol–water partition coefficient (Wildman–Crippen LogP) is 2.14. The fourth-order valence-corrected chi connectivity index (χ4v) is 1.64. The maximum Gasteiger partial charge on any atom is 0.336 e. The molecule has 0 bridgehead atoms. The summed E-state index contributed by atoms with van der Waals surface area (Å²) in [5.74, 6) is -2.32. The molecule has 2 rings (SSSR count). The molecule has 1 heterocycles. The van der Waals surface area contributed by atoms with Gasteiger partial charge < -0.3 is 10.2 Å². The third-order valence-electron chi connectivity index (χ3n) is 2.49. The first-order valence-electron chi connectivity index (χ1n) is 5.10. The van der Waals surface area contributed by atoms with Crippen LogP contribution in [0.25, 0.3) is 11.1 Å². The van der Waals surface area contributed by atoms with Crippen LogP contribution in [0.3, 0.4) is 0 Å². The minimum Gasteiger partial charge on any atom is -0.478 e. The zero-order valence-corrected chi connectivity index (χ0v) is 9.20. The number of carboxylic acids is 2. The Labute approximate surface area is 102 Å². The molecule has 0 amide bonds. The van der Waals surface area contributed by atoms with E-state index >= 15 is 0 Å². The van der Waals surface area contributed by atoms with Crippen molar-refractivity contribution in [3.63, 3.8) is 0 Å². The molecule has 0 aliphatic rings. The van der Waals surface area contributed by atoms with Crippen LogP contribution in [0.1, 0.15) is 20.7 Å². The number of hydrogen-bond donors (Lipinski definition) is 2. The number of pyridine rings is 1. The van der Waals surface area contributed by atoms with Crippen molar-refractivity contribution >= 4 is 11.9 Å². The van der Waals surface area contributed by atoms with E-state index in [0.29, 0.717) is 11.1 Å². The third kappa shape index (κ3) is 2.20. The number of rotatable bonds is 3. The molecule has 1 aromatic carbocycles. The van der Waals surface area contributed by atoms with E-state index in [4.69, 9.17) is 10.2 Å². The van der Waals surface area contributed by atoms with E-state index in [2.05, 4.69) is 4.98 Å². The summed E-state index contributed by atoms with van der Waals surface area (Å²) in [6.07, 6.45) is 3.10. The van der Waals surface area contributed by atoms with Crippen LogP contribution in [0.5, 0.6) is 0 Å². The summed E-state index contributed by atoms with van der Waals surface area (Å²) in [6.45, 7) is 0. The van der Waals surface area contributed by atoms with Crippen LogP contribution in [0.15, 0.2) is 42.7 Å². The summed E-state index contributed by atoms with van der Waals surface area (Å²) in [4.78, 5) is 25.8. The normalized spacial score (nSPS) is 10.0. The minimum atomic E-state index is -1.16. The lowest BCUT2D eigenvalue weighted by Crippen LogP contribution is -2.04. The summed E-state index contributed by atoms with van der Waals surface area (Å²) in [5.41, 5.74) is 1.06. The Morgan fingerprint density at radius 1 is 0.944 bits per heavy atom. The molecule has 2 N–H and O–H groups in total. The third-order valence-corrected chi connectivity index (χ3v) is 2.49. The molecule has 2 aromatic rings. The van der Waals surface area contributed by atoms with Crippen molar-refractivity contribution in [2.24, 2.45) is 0 Å². The molecule has 18 heavy (non-hydrogen) atoms. The van der Waals surface area contributed by atoms with E-state index < -0.39 is 11.9 Å². The Kier molecular flexibility index (Phi) is 3.05. The zero-order valence-electron chi connectivity index (χ0n) is 9.20. The molecular weight excluding hydrogens is 234 g/mol. The largest absolute Gasteiger partial charge is 0.478 e. The molecule has 90 valence electrons. The maximum absolute atomic E-state index is 11.2. The summed E-state index contributed by atoms with van der Waals surface area (Å²) < 4.78 is 0.